The summed E-state index contributed by atoms with van der Waals surface area (Å²) in [6, 6.07) is 4.24. The number of nitrogens with one attached hydrogen (secondary N) is 2. The summed E-state index contributed by atoms with van der Waals surface area (Å²) in [7, 11) is 0. The van der Waals surface area contributed by atoms with Crippen molar-refractivity contribution in [2.45, 2.75) is 25.7 Å². The molecule has 2 N–H and O–H groups in total. The van der Waals surface area contributed by atoms with Crippen LogP contribution < -0.4 is 10.6 Å². The monoisotopic (exact) mass is 333 g/mol. The topological polar surface area (TPSA) is 64.9 Å². The van der Waals surface area contributed by atoms with Crippen molar-refractivity contribution < 1.29 is 13.6 Å². The molecule has 0 atom stereocenters. The van der Waals surface area contributed by atoms with Crippen LogP contribution in [0.2, 0.25) is 0 Å². The largest absolute Gasteiger partial charge is 0.324 e. The molecule has 1 aliphatic carbocycles. The van der Waals surface area contributed by atoms with Crippen LogP contribution in [0.5, 0.6) is 0 Å². The van der Waals surface area contributed by atoms with Crippen molar-refractivity contribution in [2.24, 2.45) is 0 Å². The first-order chi connectivity index (χ1) is 11.1. The van der Waals surface area contributed by atoms with E-state index >= 15 is 0 Å². The predicted octanol–water partition coefficient (Wildman–Crippen LogP) is 4.42. The Morgan fingerprint density at radius 2 is 2.00 bits per heavy atom. The quantitative estimate of drug-likeness (QED) is 0.854. The molecule has 2 aromatic rings. The zero-order valence-electron chi connectivity index (χ0n) is 12.1. The highest BCUT2D eigenvalue weighted by atomic mass is 32.1. The average molecular weight is 333 g/mol. The Bertz CT molecular complexity index is 810. The second-order valence-electron chi connectivity index (χ2n) is 5.23. The number of carbonyl (C=O) groups is 1. The molecule has 1 aromatic heterocycles. The molecule has 0 bridgehead atoms. The number of benzene rings is 1. The van der Waals surface area contributed by atoms with Gasteiger partial charge >= 0.3 is 6.03 Å². The van der Waals surface area contributed by atoms with E-state index in [9.17, 15) is 18.8 Å². The second-order valence-corrected chi connectivity index (χ2v) is 6.34. The van der Waals surface area contributed by atoms with Gasteiger partial charge in [-0.3, -0.25) is 5.32 Å². The lowest BCUT2D eigenvalue weighted by Crippen LogP contribution is -2.20. The van der Waals surface area contributed by atoms with Crippen LogP contribution in [0.3, 0.4) is 0 Å². The number of carbonyl (C=O) groups excluding carboxylic acids is 1. The summed E-state index contributed by atoms with van der Waals surface area (Å²) >= 11 is 1.37. The molecule has 23 heavy (non-hydrogen) atoms. The van der Waals surface area contributed by atoms with Crippen molar-refractivity contribution >= 4 is 28.1 Å². The lowest BCUT2D eigenvalue weighted by molar-refractivity contribution is 0.262. The van der Waals surface area contributed by atoms with Crippen LogP contribution in [0, 0.1) is 23.0 Å². The van der Waals surface area contributed by atoms with Crippen LogP contribution in [0.25, 0.3) is 0 Å². The molecule has 1 heterocycles. The van der Waals surface area contributed by atoms with Crippen molar-refractivity contribution in [3.63, 3.8) is 0 Å². The third kappa shape index (κ3) is 3.17. The van der Waals surface area contributed by atoms with Gasteiger partial charge in [0.25, 0.3) is 0 Å². The van der Waals surface area contributed by atoms with Gasteiger partial charge in [0.15, 0.2) is 0 Å². The summed E-state index contributed by atoms with van der Waals surface area (Å²) in [4.78, 5) is 13.1. The van der Waals surface area contributed by atoms with E-state index in [0.717, 1.165) is 54.3 Å². The Morgan fingerprint density at radius 3 is 2.78 bits per heavy atom. The maximum absolute atomic E-state index is 13.5. The maximum atomic E-state index is 13.5. The summed E-state index contributed by atoms with van der Waals surface area (Å²) in [5, 5.41) is 14.6. The SMILES string of the molecule is N#Cc1c(NC(=O)Nc2cc(F)ccc2F)sc2c1CCCC2. The molecule has 1 aromatic carbocycles. The van der Waals surface area contributed by atoms with E-state index in [1.54, 1.807) is 0 Å². The van der Waals surface area contributed by atoms with Crippen LogP contribution >= 0.6 is 11.3 Å². The van der Waals surface area contributed by atoms with Crippen molar-refractivity contribution in [2.75, 3.05) is 10.6 Å². The number of nitrogens with zero attached hydrogens (tertiary/aromatic N) is 1. The molecular weight excluding hydrogens is 320 g/mol. The minimum absolute atomic E-state index is 0.248. The molecule has 4 nitrogen and oxygen atoms in total. The lowest BCUT2D eigenvalue weighted by atomic mass is 9.96. The smallest absolute Gasteiger partial charge is 0.305 e. The fraction of sp³-hybridized carbons (Fsp3) is 0.250. The average Bonchev–Trinajstić information content (AvgIpc) is 2.87. The highest BCUT2D eigenvalue weighted by Gasteiger charge is 2.22. The number of amides is 2. The number of halogens is 2. The van der Waals surface area contributed by atoms with E-state index in [1.165, 1.54) is 11.3 Å². The number of anilines is 2. The first-order valence-electron chi connectivity index (χ1n) is 7.16. The van der Waals surface area contributed by atoms with E-state index in [0.29, 0.717) is 10.6 Å². The zero-order chi connectivity index (χ0) is 16.4. The Labute approximate surface area is 135 Å². The fourth-order valence-electron chi connectivity index (χ4n) is 2.62. The van der Waals surface area contributed by atoms with E-state index < -0.39 is 17.7 Å². The van der Waals surface area contributed by atoms with Gasteiger partial charge < -0.3 is 5.32 Å². The van der Waals surface area contributed by atoms with Gasteiger partial charge in [-0.2, -0.15) is 5.26 Å². The predicted molar refractivity (Wildman–Crippen MR) is 84.7 cm³/mol. The molecule has 118 valence electrons. The minimum Gasteiger partial charge on any atom is -0.305 e. The van der Waals surface area contributed by atoms with Crippen LogP contribution in [-0.4, -0.2) is 6.03 Å². The molecule has 0 unspecified atom stereocenters. The fourth-order valence-corrected chi connectivity index (χ4v) is 3.86. The van der Waals surface area contributed by atoms with Crippen LogP contribution in [-0.2, 0) is 12.8 Å². The Hall–Kier alpha value is -2.46. The molecule has 1 aliphatic rings. The molecule has 3 rings (SSSR count). The normalized spacial score (nSPS) is 13.1. The first-order valence-corrected chi connectivity index (χ1v) is 7.98. The molecule has 2 amide bonds. The summed E-state index contributed by atoms with van der Waals surface area (Å²) < 4.78 is 26.7. The van der Waals surface area contributed by atoms with E-state index in [4.69, 9.17) is 0 Å². The lowest BCUT2D eigenvalue weighted by Gasteiger charge is -2.09. The summed E-state index contributed by atoms with van der Waals surface area (Å²) in [6.45, 7) is 0. The highest BCUT2D eigenvalue weighted by molar-refractivity contribution is 7.16. The molecule has 0 fully saturated rings. The Balaban J connectivity index is 1.79. The number of hydrogen-bond acceptors (Lipinski definition) is 3. The number of thiophene rings is 1. The van der Waals surface area contributed by atoms with Crippen LogP contribution in [0.4, 0.5) is 24.3 Å². The minimum atomic E-state index is -0.729. The van der Waals surface area contributed by atoms with Crippen molar-refractivity contribution in [1.29, 1.82) is 5.26 Å². The number of aryl methyl sites for hydroxylation is 1. The molecule has 0 saturated carbocycles. The third-order valence-corrected chi connectivity index (χ3v) is 4.89. The third-order valence-electron chi connectivity index (χ3n) is 3.69. The van der Waals surface area contributed by atoms with E-state index in [2.05, 4.69) is 16.7 Å². The van der Waals surface area contributed by atoms with Gasteiger partial charge in [-0.15, -0.1) is 11.3 Å². The summed E-state index contributed by atoms with van der Waals surface area (Å²) in [5.74, 6) is -1.38. The number of urea groups is 1. The molecule has 0 saturated heterocycles. The highest BCUT2D eigenvalue weighted by Crippen LogP contribution is 2.37. The molecular formula is C16H13F2N3OS. The maximum Gasteiger partial charge on any atom is 0.324 e. The van der Waals surface area contributed by atoms with Gasteiger partial charge in [0.05, 0.1) is 11.3 Å². The second kappa shape index (κ2) is 6.34. The van der Waals surface area contributed by atoms with Gasteiger partial charge in [-0.25, -0.2) is 13.6 Å². The van der Waals surface area contributed by atoms with Gasteiger partial charge in [-0.05, 0) is 43.4 Å². The van der Waals surface area contributed by atoms with Gasteiger partial charge in [0.1, 0.15) is 22.7 Å². The standard InChI is InChI=1S/C16H13F2N3OS/c17-9-5-6-12(18)13(7-9)20-16(22)21-15-11(8-19)10-3-1-2-4-14(10)23-15/h5-7H,1-4H2,(H2,20,21,22). The molecule has 7 heteroatoms. The van der Waals surface area contributed by atoms with Crippen molar-refractivity contribution in [3.05, 3.63) is 45.8 Å². The van der Waals surface area contributed by atoms with Gasteiger partial charge in [0.2, 0.25) is 0 Å². The van der Waals surface area contributed by atoms with Crippen molar-refractivity contribution in [1.82, 2.24) is 0 Å². The number of rotatable bonds is 2. The molecule has 0 aliphatic heterocycles. The number of hydrogen-bond donors (Lipinski definition) is 2. The molecule has 0 spiro atoms. The number of nitriles is 1. The first kappa shape index (κ1) is 15.4. The Kier molecular flexibility index (Phi) is 4.26. The zero-order valence-corrected chi connectivity index (χ0v) is 12.9. The summed E-state index contributed by atoms with van der Waals surface area (Å²) in [6.07, 6.45) is 3.82. The van der Waals surface area contributed by atoms with Crippen molar-refractivity contribution in [3.8, 4) is 6.07 Å². The van der Waals surface area contributed by atoms with E-state index in [-0.39, 0.29) is 5.69 Å². The van der Waals surface area contributed by atoms with Gasteiger partial charge in [0, 0.05) is 10.9 Å². The van der Waals surface area contributed by atoms with E-state index in [1.807, 2.05) is 0 Å². The Morgan fingerprint density at radius 1 is 1.22 bits per heavy atom. The van der Waals surface area contributed by atoms with Crippen LogP contribution in [0.1, 0.15) is 28.8 Å². The van der Waals surface area contributed by atoms with Gasteiger partial charge in [-0.1, -0.05) is 0 Å². The molecule has 0 radical (unpaired) electrons. The number of fused-ring (bicyclic) bond motifs is 1. The van der Waals surface area contributed by atoms with Crippen LogP contribution in [0.15, 0.2) is 18.2 Å². The summed E-state index contributed by atoms with van der Waals surface area (Å²) in [5.41, 5.74) is 1.22.